The third-order valence-corrected chi connectivity index (χ3v) is 12.9. The van der Waals surface area contributed by atoms with Gasteiger partial charge in [0.1, 0.15) is 0 Å². The summed E-state index contributed by atoms with van der Waals surface area (Å²) in [5.41, 5.74) is 12.1. The van der Waals surface area contributed by atoms with E-state index in [9.17, 15) is 0 Å². The molecule has 0 N–H and O–H groups in total. The molecule has 0 fully saturated rings. The van der Waals surface area contributed by atoms with Crippen molar-refractivity contribution >= 4 is 54.1 Å². The zero-order valence-electron chi connectivity index (χ0n) is 34.3. The fraction of sp³-hybridized carbons (Fsp3) is 0.0508. The molecule has 2 atom stereocenters. The van der Waals surface area contributed by atoms with Crippen molar-refractivity contribution in [2.45, 2.75) is 12.8 Å². The first kappa shape index (κ1) is 36.0. The molecule has 2 aromatic heterocycles. The van der Waals surface area contributed by atoms with Crippen LogP contribution >= 0.6 is 0 Å². The Kier molecular flexibility index (Phi) is 8.53. The molecular weight excluding hydrogens is 751 g/mol. The first-order chi connectivity index (χ1) is 30.7. The predicted molar refractivity (Wildman–Crippen MR) is 261 cm³/mol. The molecule has 0 aliphatic heterocycles. The number of allylic oxidation sites excluding steroid dienone is 4. The normalized spacial score (nSPS) is 15.0. The number of rotatable bonds is 6. The summed E-state index contributed by atoms with van der Waals surface area (Å²) in [5.74, 6) is 1.54. The lowest BCUT2D eigenvalue weighted by atomic mass is 9.84. The van der Waals surface area contributed by atoms with Crippen molar-refractivity contribution in [3.8, 4) is 50.7 Å². The van der Waals surface area contributed by atoms with Gasteiger partial charge in [0.25, 0.3) is 0 Å². The van der Waals surface area contributed by atoms with Gasteiger partial charge >= 0.3 is 0 Å². The van der Waals surface area contributed by atoms with Crippen molar-refractivity contribution in [2.75, 3.05) is 0 Å². The average Bonchev–Trinajstić information content (AvgIpc) is 3.68. The molecule has 0 spiro atoms. The highest BCUT2D eigenvalue weighted by Gasteiger charge is 2.20. The smallest absolute Gasteiger partial charge is 0.160 e. The van der Waals surface area contributed by atoms with E-state index in [4.69, 9.17) is 9.97 Å². The Bertz CT molecular complexity index is 3520. The van der Waals surface area contributed by atoms with Gasteiger partial charge < -0.3 is 4.57 Å². The summed E-state index contributed by atoms with van der Waals surface area (Å²) < 4.78 is 2.44. The molecule has 2 unspecified atom stereocenters. The van der Waals surface area contributed by atoms with Gasteiger partial charge in [0.05, 0.1) is 22.4 Å². The summed E-state index contributed by atoms with van der Waals surface area (Å²) >= 11 is 0. The van der Waals surface area contributed by atoms with E-state index in [1.54, 1.807) is 0 Å². The van der Waals surface area contributed by atoms with E-state index in [1.165, 1.54) is 70.8 Å². The topological polar surface area (TPSA) is 30.7 Å². The van der Waals surface area contributed by atoms with Gasteiger partial charge in [-0.3, -0.25) is 0 Å². The van der Waals surface area contributed by atoms with Gasteiger partial charge in [0.2, 0.25) is 0 Å². The van der Waals surface area contributed by atoms with Gasteiger partial charge in [0.15, 0.2) is 5.82 Å². The zero-order chi connectivity index (χ0) is 41.1. The minimum atomic E-state index is 0.377. The summed E-state index contributed by atoms with van der Waals surface area (Å²) in [6.07, 6.45) is 8.95. The van der Waals surface area contributed by atoms with Crippen LogP contribution < -0.4 is 0 Å². The molecule has 9 aromatic carbocycles. The van der Waals surface area contributed by atoms with Crippen LogP contribution in [-0.4, -0.2) is 14.5 Å². The van der Waals surface area contributed by atoms with E-state index >= 15 is 0 Å². The molecule has 0 amide bonds. The Balaban J connectivity index is 1.08. The second-order valence-corrected chi connectivity index (χ2v) is 16.6. The monoisotopic (exact) mass is 791 g/mol. The first-order valence-electron chi connectivity index (χ1n) is 21.5. The highest BCUT2D eigenvalue weighted by molar-refractivity contribution is 6.29. The molecule has 0 saturated heterocycles. The Morgan fingerprint density at radius 1 is 0.403 bits per heavy atom. The lowest BCUT2D eigenvalue weighted by Crippen LogP contribution is -2.07. The van der Waals surface area contributed by atoms with E-state index in [2.05, 4.69) is 218 Å². The molecule has 12 rings (SSSR count). The highest BCUT2D eigenvalue weighted by atomic mass is 15.0. The highest BCUT2D eigenvalue weighted by Crippen LogP contribution is 2.43. The minimum absolute atomic E-state index is 0.377. The molecule has 3 nitrogen and oxygen atoms in total. The molecule has 1 aliphatic carbocycles. The summed E-state index contributed by atoms with van der Waals surface area (Å²) in [6, 6.07) is 70.3. The van der Waals surface area contributed by atoms with Crippen LogP contribution in [0.5, 0.6) is 0 Å². The molecule has 62 heavy (non-hydrogen) atoms. The maximum absolute atomic E-state index is 5.24. The quantitative estimate of drug-likeness (QED) is 0.157. The van der Waals surface area contributed by atoms with Gasteiger partial charge in [-0.15, -0.1) is 0 Å². The molecule has 11 aromatic rings. The number of hydrogen-bond donors (Lipinski definition) is 0. The van der Waals surface area contributed by atoms with Gasteiger partial charge in [0, 0.05) is 39.1 Å². The number of aromatic nitrogens is 3. The maximum atomic E-state index is 5.24. The minimum Gasteiger partial charge on any atom is -0.309 e. The molecule has 2 heterocycles. The van der Waals surface area contributed by atoms with E-state index in [0.29, 0.717) is 17.7 Å². The second kappa shape index (κ2) is 14.7. The van der Waals surface area contributed by atoms with Gasteiger partial charge in [-0.1, -0.05) is 189 Å². The number of hydrogen-bond acceptors (Lipinski definition) is 2. The van der Waals surface area contributed by atoms with Crippen LogP contribution in [0.4, 0.5) is 0 Å². The number of benzene rings is 9. The zero-order valence-corrected chi connectivity index (χ0v) is 34.3. The SMILES string of the molecule is CC1C=CC=CC1c1ccc(-n2c3ccccc3c3ccc(-c4cccc5c6ccccc6c6ccc(-c7nc(-c8ccccc8)cc(-c8ccccc8)n7)cc6c45)cc32)cc1. The lowest BCUT2D eigenvalue weighted by Gasteiger charge is -2.21. The van der Waals surface area contributed by atoms with Crippen molar-refractivity contribution in [3.05, 3.63) is 224 Å². The van der Waals surface area contributed by atoms with Crippen LogP contribution in [0.1, 0.15) is 18.4 Å². The average molecular weight is 792 g/mol. The second-order valence-electron chi connectivity index (χ2n) is 16.6. The molecule has 292 valence electrons. The van der Waals surface area contributed by atoms with Crippen LogP contribution in [0.25, 0.3) is 105 Å². The van der Waals surface area contributed by atoms with E-state index in [0.717, 1.165) is 33.8 Å². The molecule has 0 saturated carbocycles. The van der Waals surface area contributed by atoms with Crippen LogP contribution in [0.2, 0.25) is 0 Å². The van der Waals surface area contributed by atoms with Crippen molar-refractivity contribution in [1.29, 1.82) is 0 Å². The largest absolute Gasteiger partial charge is 0.309 e. The summed E-state index contributed by atoms with van der Waals surface area (Å²) in [5, 5.41) is 9.80. The van der Waals surface area contributed by atoms with E-state index < -0.39 is 0 Å². The van der Waals surface area contributed by atoms with E-state index in [-0.39, 0.29) is 0 Å². The summed E-state index contributed by atoms with van der Waals surface area (Å²) in [6.45, 7) is 2.30. The maximum Gasteiger partial charge on any atom is 0.160 e. The summed E-state index contributed by atoms with van der Waals surface area (Å²) in [7, 11) is 0. The molecule has 3 heteroatoms. The molecular formula is C59H41N3. The van der Waals surface area contributed by atoms with E-state index in [1.807, 2.05) is 12.1 Å². The van der Waals surface area contributed by atoms with Gasteiger partial charge in [-0.2, -0.15) is 0 Å². The third-order valence-electron chi connectivity index (χ3n) is 12.9. The molecule has 0 radical (unpaired) electrons. The van der Waals surface area contributed by atoms with Crippen LogP contribution in [0.3, 0.4) is 0 Å². The van der Waals surface area contributed by atoms with Crippen molar-refractivity contribution in [1.82, 2.24) is 14.5 Å². The Labute approximate surface area is 360 Å². The van der Waals surface area contributed by atoms with Gasteiger partial charge in [-0.25, -0.2) is 9.97 Å². The van der Waals surface area contributed by atoms with Crippen LogP contribution in [0, 0.1) is 5.92 Å². The number of para-hydroxylation sites is 1. The summed E-state index contributed by atoms with van der Waals surface area (Å²) in [4.78, 5) is 10.5. The fourth-order valence-electron chi connectivity index (χ4n) is 9.87. The van der Waals surface area contributed by atoms with Crippen molar-refractivity contribution < 1.29 is 0 Å². The molecule has 1 aliphatic rings. The van der Waals surface area contributed by atoms with Crippen LogP contribution in [0.15, 0.2) is 218 Å². The fourth-order valence-corrected chi connectivity index (χ4v) is 9.87. The van der Waals surface area contributed by atoms with Crippen molar-refractivity contribution in [2.24, 2.45) is 5.92 Å². The van der Waals surface area contributed by atoms with Crippen molar-refractivity contribution in [3.63, 3.8) is 0 Å². The number of fused-ring (bicyclic) bond motifs is 9. The standard InChI is InChI=1S/C59H41N3/c1-38-15-8-9-20-45(38)39-27-31-44(32-28-39)62-56-26-13-12-23-50(56)51-34-29-42(36-57(51)62)46-24-14-25-52-48-22-11-10-21-47(48)49-33-30-43(35-53(49)58(46)52)59-60-54(40-16-4-2-5-17-40)37-55(61-59)41-18-6-3-7-19-41/h2-38,45H,1H3. The molecule has 0 bridgehead atoms. The number of nitrogens with zero attached hydrogens (tertiary/aromatic N) is 3. The first-order valence-corrected chi connectivity index (χ1v) is 21.5. The Morgan fingerprint density at radius 3 is 1.71 bits per heavy atom. The Morgan fingerprint density at radius 2 is 0.984 bits per heavy atom. The Hall–Kier alpha value is -7.88. The lowest BCUT2D eigenvalue weighted by molar-refractivity contribution is 0.635. The third kappa shape index (κ3) is 5.96. The van der Waals surface area contributed by atoms with Gasteiger partial charge in [-0.05, 0) is 91.3 Å². The van der Waals surface area contributed by atoms with Crippen LogP contribution in [-0.2, 0) is 0 Å². The predicted octanol–water partition coefficient (Wildman–Crippen LogP) is 15.5.